The molecule has 0 aliphatic carbocycles. The molecule has 0 atom stereocenters. The van der Waals surface area contributed by atoms with E-state index in [1.807, 2.05) is 17.0 Å². The van der Waals surface area contributed by atoms with Crippen LogP contribution in [0.3, 0.4) is 0 Å². The predicted molar refractivity (Wildman–Crippen MR) is 115 cm³/mol. The van der Waals surface area contributed by atoms with Crippen LogP contribution in [0.25, 0.3) is 11.5 Å². The minimum Gasteiger partial charge on any atom is -0.354 e. The van der Waals surface area contributed by atoms with Crippen molar-refractivity contribution in [2.45, 2.75) is 32.6 Å². The molecule has 0 bridgehead atoms. The number of nitrogens with zero attached hydrogens (tertiary/aromatic N) is 5. The Bertz CT molecular complexity index is 1040. The molecule has 8 heteroatoms. The van der Waals surface area contributed by atoms with Crippen LogP contribution in [0.5, 0.6) is 0 Å². The summed E-state index contributed by atoms with van der Waals surface area (Å²) in [4.78, 5) is 25.9. The molecule has 1 amide bonds. The number of rotatable bonds is 6. The quantitative estimate of drug-likeness (QED) is 0.604. The summed E-state index contributed by atoms with van der Waals surface area (Å²) in [6.07, 6.45) is 4.49. The van der Waals surface area contributed by atoms with Gasteiger partial charge in [-0.15, -0.1) is 0 Å². The maximum absolute atomic E-state index is 13.4. The highest BCUT2D eigenvalue weighted by molar-refractivity contribution is 5.79. The molecular weight excluding hydrogens is 397 g/mol. The minimum atomic E-state index is -0.321. The first-order valence-electron chi connectivity index (χ1n) is 10.7. The third-order valence-electron chi connectivity index (χ3n) is 5.35. The van der Waals surface area contributed by atoms with Gasteiger partial charge in [0.1, 0.15) is 11.6 Å². The highest BCUT2D eigenvalue weighted by atomic mass is 19.1. The number of amides is 1. The number of hydrogen-bond acceptors (Lipinski definition) is 6. The van der Waals surface area contributed by atoms with Crippen LogP contribution in [0.15, 0.2) is 47.1 Å². The third kappa shape index (κ3) is 5.07. The van der Waals surface area contributed by atoms with Crippen molar-refractivity contribution in [3.63, 3.8) is 0 Å². The average Bonchev–Trinajstić information content (AvgIpc) is 3.09. The van der Waals surface area contributed by atoms with E-state index in [-0.39, 0.29) is 18.1 Å². The van der Waals surface area contributed by atoms with Gasteiger partial charge in [-0.05, 0) is 42.7 Å². The van der Waals surface area contributed by atoms with Crippen molar-refractivity contribution in [3.05, 3.63) is 59.8 Å². The lowest BCUT2D eigenvalue weighted by molar-refractivity contribution is -0.130. The first-order valence-corrected chi connectivity index (χ1v) is 10.7. The van der Waals surface area contributed by atoms with Gasteiger partial charge in [0.2, 0.25) is 5.91 Å². The molecule has 1 aromatic carbocycles. The maximum Gasteiger partial charge on any atom is 0.261 e. The lowest BCUT2D eigenvalue weighted by atomic mass is 10.1. The van der Waals surface area contributed by atoms with Crippen LogP contribution in [0.1, 0.15) is 31.2 Å². The molecule has 31 heavy (non-hydrogen) atoms. The van der Waals surface area contributed by atoms with E-state index in [4.69, 9.17) is 4.52 Å². The fraction of sp³-hybridized carbons (Fsp3) is 0.391. The standard InChI is InChI=1S/C23H26FN5O2/c1-2-6-20-26-23(31-27-20)19-9-4-10-25-22(19)29-12-5-11-28(13-14-29)21(30)16-17-7-3-8-18(24)15-17/h3-4,7-10,15H,2,5-6,11-14,16H2,1H3. The van der Waals surface area contributed by atoms with Crippen LogP contribution in [0.4, 0.5) is 10.2 Å². The molecule has 0 saturated carbocycles. The minimum absolute atomic E-state index is 0.00908. The van der Waals surface area contributed by atoms with Gasteiger partial charge in [0.05, 0.1) is 12.0 Å². The van der Waals surface area contributed by atoms with Crippen LogP contribution in [0.2, 0.25) is 0 Å². The molecule has 1 aliphatic heterocycles. The SMILES string of the molecule is CCCc1noc(-c2cccnc2N2CCCN(C(=O)Cc3cccc(F)c3)CC2)n1. The van der Waals surface area contributed by atoms with Crippen molar-refractivity contribution < 1.29 is 13.7 Å². The molecule has 0 spiro atoms. The summed E-state index contributed by atoms with van der Waals surface area (Å²) in [6, 6.07) is 10.0. The molecular formula is C23H26FN5O2. The van der Waals surface area contributed by atoms with E-state index in [9.17, 15) is 9.18 Å². The molecule has 2 aromatic heterocycles. The average molecular weight is 423 g/mol. The fourth-order valence-corrected chi connectivity index (χ4v) is 3.82. The van der Waals surface area contributed by atoms with Gasteiger partial charge in [-0.2, -0.15) is 4.98 Å². The van der Waals surface area contributed by atoms with Gasteiger partial charge in [-0.25, -0.2) is 9.37 Å². The Hall–Kier alpha value is -3.29. The molecule has 0 radical (unpaired) electrons. The zero-order valence-electron chi connectivity index (χ0n) is 17.6. The van der Waals surface area contributed by atoms with Crippen molar-refractivity contribution in [2.75, 3.05) is 31.1 Å². The van der Waals surface area contributed by atoms with Gasteiger partial charge in [0, 0.05) is 38.8 Å². The fourth-order valence-electron chi connectivity index (χ4n) is 3.82. The second-order valence-electron chi connectivity index (χ2n) is 7.67. The summed E-state index contributed by atoms with van der Waals surface area (Å²) >= 11 is 0. The van der Waals surface area contributed by atoms with Crippen molar-refractivity contribution in [3.8, 4) is 11.5 Å². The van der Waals surface area contributed by atoms with Gasteiger partial charge in [0.25, 0.3) is 5.89 Å². The highest BCUT2D eigenvalue weighted by Gasteiger charge is 2.23. The monoisotopic (exact) mass is 423 g/mol. The molecule has 7 nitrogen and oxygen atoms in total. The van der Waals surface area contributed by atoms with Gasteiger partial charge in [-0.3, -0.25) is 4.79 Å². The van der Waals surface area contributed by atoms with E-state index in [0.29, 0.717) is 36.9 Å². The van der Waals surface area contributed by atoms with Gasteiger partial charge < -0.3 is 14.3 Å². The lowest BCUT2D eigenvalue weighted by Gasteiger charge is -2.24. The second kappa shape index (κ2) is 9.68. The number of aryl methyl sites for hydroxylation is 1. The Morgan fingerprint density at radius 1 is 1.16 bits per heavy atom. The summed E-state index contributed by atoms with van der Waals surface area (Å²) in [5.41, 5.74) is 1.49. The number of benzene rings is 1. The van der Waals surface area contributed by atoms with Crippen molar-refractivity contribution in [1.29, 1.82) is 0 Å². The smallest absolute Gasteiger partial charge is 0.261 e. The van der Waals surface area contributed by atoms with Crippen LogP contribution < -0.4 is 4.90 Å². The molecule has 1 fully saturated rings. The van der Waals surface area contributed by atoms with Crippen molar-refractivity contribution in [1.82, 2.24) is 20.0 Å². The molecule has 3 aromatic rings. The van der Waals surface area contributed by atoms with Crippen LogP contribution in [-0.2, 0) is 17.6 Å². The maximum atomic E-state index is 13.4. The van der Waals surface area contributed by atoms with Crippen LogP contribution >= 0.6 is 0 Å². The summed E-state index contributed by atoms with van der Waals surface area (Å²) in [5, 5.41) is 4.06. The number of carbonyl (C=O) groups is 1. The molecule has 4 rings (SSSR count). The summed E-state index contributed by atoms with van der Waals surface area (Å²) in [5.74, 6) is 1.63. The number of halogens is 1. The van der Waals surface area contributed by atoms with Gasteiger partial charge in [-0.1, -0.05) is 24.2 Å². The number of pyridine rings is 1. The topological polar surface area (TPSA) is 75.4 Å². The van der Waals surface area contributed by atoms with E-state index >= 15 is 0 Å². The Morgan fingerprint density at radius 2 is 2.06 bits per heavy atom. The van der Waals surface area contributed by atoms with Crippen molar-refractivity contribution in [2.24, 2.45) is 0 Å². The molecule has 0 unspecified atom stereocenters. The van der Waals surface area contributed by atoms with Crippen molar-refractivity contribution >= 4 is 11.7 Å². The Labute approximate surface area is 180 Å². The van der Waals surface area contributed by atoms with Crippen LogP contribution in [-0.4, -0.2) is 52.1 Å². The normalized spacial score (nSPS) is 14.5. The number of anilines is 1. The van der Waals surface area contributed by atoms with E-state index in [1.54, 1.807) is 18.3 Å². The van der Waals surface area contributed by atoms with Gasteiger partial charge in [0.15, 0.2) is 5.82 Å². The Balaban J connectivity index is 1.46. The lowest BCUT2D eigenvalue weighted by Crippen LogP contribution is -2.36. The number of hydrogen-bond donors (Lipinski definition) is 0. The summed E-state index contributed by atoms with van der Waals surface area (Å²) < 4.78 is 18.9. The number of carbonyl (C=O) groups excluding carboxylic acids is 1. The third-order valence-corrected chi connectivity index (χ3v) is 5.35. The molecule has 0 N–H and O–H groups in total. The van der Waals surface area contributed by atoms with Gasteiger partial charge >= 0.3 is 0 Å². The van der Waals surface area contributed by atoms with E-state index in [0.717, 1.165) is 37.2 Å². The molecule has 3 heterocycles. The first-order chi connectivity index (χ1) is 15.1. The molecule has 1 aliphatic rings. The summed E-state index contributed by atoms with van der Waals surface area (Å²) in [6.45, 7) is 4.73. The van der Waals surface area contributed by atoms with E-state index in [2.05, 4.69) is 26.9 Å². The predicted octanol–water partition coefficient (Wildman–Crippen LogP) is 3.50. The first kappa shape index (κ1) is 21.0. The summed E-state index contributed by atoms with van der Waals surface area (Å²) in [7, 11) is 0. The Kier molecular flexibility index (Phi) is 6.54. The Morgan fingerprint density at radius 3 is 2.90 bits per heavy atom. The molecule has 1 saturated heterocycles. The highest BCUT2D eigenvalue weighted by Crippen LogP contribution is 2.28. The van der Waals surface area contributed by atoms with E-state index < -0.39 is 0 Å². The molecule has 162 valence electrons. The van der Waals surface area contributed by atoms with E-state index in [1.165, 1.54) is 12.1 Å². The second-order valence-corrected chi connectivity index (χ2v) is 7.67. The number of aromatic nitrogens is 3. The largest absolute Gasteiger partial charge is 0.354 e. The zero-order valence-corrected chi connectivity index (χ0v) is 17.6. The van der Waals surface area contributed by atoms with Crippen LogP contribution in [0, 0.1) is 5.82 Å². The zero-order chi connectivity index (χ0) is 21.6.